The lowest BCUT2D eigenvalue weighted by Gasteiger charge is -2.18. The Morgan fingerprint density at radius 3 is 2.42 bits per heavy atom. The highest BCUT2D eigenvalue weighted by Crippen LogP contribution is 2.24. The first-order chi connectivity index (χ1) is 8.77. The van der Waals surface area contributed by atoms with Crippen LogP contribution in [0.5, 0.6) is 0 Å². The van der Waals surface area contributed by atoms with E-state index in [0.29, 0.717) is 5.82 Å². The second-order valence-corrected chi connectivity index (χ2v) is 6.05. The first-order valence-electron chi connectivity index (χ1n) is 6.47. The zero-order valence-corrected chi connectivity index (χ0v) is 12.2. The largest absolute Gasteiger partial charge is 0.307 e. The molecular weight excluding hydrogens is 236 g/mol. The Hall–Kier alpha value is -1.90. The normalized spacial score (nSPS) is 11.6. The average molecular weight is 256 g/mol. The number of H-pyrrole nitrogens is 1. The molecule has 3 heteroatoms. The molecule has 0 atom stereocenters. The Labute approximate surface area is 113 Å². The van der Waals surface area contributed by atoms with Gasteiger partial charge >= 0.3 is 0 Å². The van der Waals surface area contributed by atoms with Crippen LogP contribution in [0, 0.1) is 13.8 Å². The number of nitrogens with zero attached hydrogens (tertiary/aromatic N) is 1. The van der Waals surface area contributed by atoms with Gasteiger partial charge in [-0.2, -0.15) is 0 Å². The summed E-state index contributed by atoms with van der Waals surface area (Å²) in [4.78, 5) is 19.3. The lowest BCUT2D eigenvalue weighted by atomic mass is 9.92. The Morgan fingerprint density at radius 2 is 1.79 bits per heavy atom. The third kappa shape index (κ3) is 2.92. The van der Waals surface area contributed by atoms with Crippen molar-refractivity contribution in [1.82, 2.24) is 9.97 Å². The predicted molar refractivity (Wildman–Crippen MR) is 78.5 cm³/mol. The summed E-state index contributed by atoms with van der Waals surface area (Å²) in [6.07, 6.45) is 0. The third-order valence-corrected chi connectivity index (χ3v) is 3.16. The molecule has 1 aromatic heterocycles. The quantitative estimate of drug-likeness (QED) is 0.850. The first-order valence-corrected chi connectivity index (χ1v) is 6.47. The lowest BCUT2D eigenvalue weighted by molar-refractivity contribution is 0.566. The average Bonchev–Trinajstić information content (AvgIpc) is 2.30. The van der Waals surface area contributed by atoms with Gasteiger partial charge in [0.1, 0.15) is 5.82 Å². The predicted octanol–water partition coefficient (Wildman–Crippen LogP) is 3.35. The van der Waals surface area contributed by atoms with Crippen LogP contribution in [0.15, 0.2) is 29.1 Å². The van der Waals surface area contributed by atoms with E-state index in [0.717, 1.165) is 22.4 Å². The number of benzene rings is 1. The molecule has 0 aliphatic heterocycles. The second kappa shape index (κ2) is 4.65. The van der Waals surface area contributed by atoms with E-state index in [1.807, 2.05) is 13.8 Å². The Kier molecular flexibility index (Phi) is 3.31. The van der Waals surface area contributed by atoms with Gasteiger partial charge in [0, 0.05) is 17.0 Å². The maximum Gasteiger partial charge on any atom is 0.251 e. The van der Waals surface area contributed by atoms with E-state index in [1.54, 1.807) is 6.07 Å². The number of rotatable bonds is 1. The van der Waals surface area contributed by atoms with E-state index in [1.165, 1.54) is 0 Å². The second-order valence-electron chi connectivity index (χ2n) is 6.05. The molecule has 0 spiro atoms. The molecule has 0 saturated carbocycles. The molecule has 1 heterocycles. The summed E-state index contributed by atoms with van der Waals surface area (Å²) in [6.45, 7) is 10.2. The van der Waals surface area contributed by atoms with Crippen molar-refractivity contribution in [2.24, 2.45) is 0 Å². The highest BCUT2D eigenvalue weighted by atomic mass is 16.1. The molecule has 0 amide bonds. The summed E-state index contributed by atoms with van der Waals surface area (Å²) in [5.74, 6) is 0.652. The molecule has 0 aliphatic carbocycles. The molecule has 2 rings (SSSR count). The molecule has 1 N–H and O–H groups in total. The maximum absolute atomic E-state index is 11.8. The van der Waals surface area contributed by atoms with Crippen molar-refractivity contribution in [3.63, 3.8) is 0 Å². The SMILES string of the molecule is Cc1ccc(C)c(-c2nc(C(C)(C)C)cc(=O)[nH]2)c1. The van der Waals surface area contributed by atoms with Gasteiger partial charge in [0.2, 0.25) is 0 Å². The molecule has 0 unspecified atom stereocenters. The van der Waals surface area contributed by atoms with Gasteiger partial charge in [-0.15, -0.1) is 0 Å². The summed E-state index contributed by atoms with van der Waals surface area (Å²) in [6, 6.07) is 7.74. The fraction of sp³-hybridized carbons (Fsp3) is 0.375. The summed E-state index contributed by atoms with van der Waals surface area (Å²) in [7, 11) is 0. The van der Waals surface area contributed by atoms with Crippen molar-refractivity contribution in [3.8, 4) is 11.4 Å². The van der Waals surface area contributed by atoms with Crippen LogP contribution in [-0.2, 0) is 5.41 Å². The smallest absolute Gasteiger partial charge is 0.251 e. The van der Waals surface area contributed by atoms with Gasteiger partial charge in [0.25, 0.3) is 5.56 Å². The number of nitrogens with one attached hydrogen (secondary N) is 1. The molecule has 19 heavy (non-hydrogen) atoms. The van der Waals surface area contributed by atoms with E-state index in [9.17, 15) is 4.79 Å². The number of aromatic nitrogens is 2. The highest BCUT2D eigenvalue weighted by molar-refractivity contribution is 5.61. The van der Waals surface area contributed by atoms with Crippen molar-refractivity contribution in [2.75, 3.05) is 0 Å². The minimum Gasteiger partial charge on any atom is -0.307 e. The van der Waals surface area contributed by atoms with Crippen molar-refractivity contribution >= 4 is 0 Å². The van der Waals surface area contributed by atoms with Crippen molar-refractivity contribution in [1.29, 1.82) is 0 Å². The number of aryl methyl sites for hydroxylation is 2. The van der Waals surface area contributed by atoms with E-state index in [4.69, 9.17) is 0 Å². The molecular formula is C16H20N2O. The Bertz CT molecular complexity index is 663. The van der Waals surface area contributed by atoms with Crippen LogP contribution in [-0.4, -0.2) is 9.97 Å². The van der Waals surface area contributed by atoms with Crippen LogP contribution in [0.2, 0.25) is 0 Å². The standard InChI is InChI=1S/C16H20N2O/c1-10-6-7-11(2)12(8-10)15-17-13(16(3,4)5)9-14(19)18-15/h6-9H,1-5H3,(H,17,18,19). The minimum atomic E-state index is -0.138. The van der Waals surface area contributed by atoms with E-state index in [-0.39, 0.29) is 11.0 Å². The van der Waals surface area contributed by atoms with E-state index >= 15 is 0 Å². The topological polar surface area (TPSA) is 45.8 Å². The van der Waals surface area contributed by atoms with E-state index < -0.39 is 0 Å². The summed E-state index contributed by atoms with van der Waals surface area (Å²) in [5.41, 5.74) is 3.83. The summed E-state index contributed by atoms with van der Waals surface area (Å²) >= 11 is 0. The summed E-state index contributed by atoms with van der Waals surface area (Å²) < 4.78 is 0. The fourth-order valence-electron chi connectivity index (χ4n) is 1.96. The zero-order chi connectivity index (χ0) is 14.2. The van der Waals surface area contributed by atoms with Crippen molar-refractivity contribution < 1.29 is 0 Å². The van der Waals surface area contributed by atoms with Gasteiger partial charge in [-0.25, -0.2) is 4.98 Å². The number of hydrogen-bond acceptors (Lipinski definition) is 2. The van der Waals surface area contributed by atoms with Gasteiger partial charge in [0.05, 0.1) is 5.69 Å². The minimum absolute atomic E-state index is 0.101. The lowest BCUT2D eigenvalue weighted by Crippen LogP contribution is -2.20. The highest BCUT2D eigenvalue weighted by Gasteiger charge is 2.18. The van der Waals surface area contributed by atoms with Crippen LogP contribution in [0.3, 0.4) is 0 Å². The molecule has 0 fully saturated rings. The Morgan fingerprint density at radius 1 is 1.11 bits per heavy atom. The molecule has 0 radical (unpaired) electrons. The molecule has 0 bridgehead atoms. The van der Waals surface area contributed by atoms with Crippen LogP contribution in [0.4, 0.5) is 0 Å². The van der Waals surface area contributed by atoms with Crippen LogP contribution in [0.1, 0.15) is 37.6 Å². The van der Waals surface area contributed by atoms with Crippen LogP contribution in [0.25, 0.3) is 11.4 Å². The third-order valence-electron chi connectivity index (χ3n) is 3.16. The fourth-order valence-corrected chi connectivity index (χ4v) is 1.96. The maximum atomic E-state index is 11.8. The van der Waals surface area contributed by atoms with Gasteiger partial charge < -0.3 is 4.98 Å². The Balaban J connectivity index is 2.66. The monoisotopic (exact) mass is 256 g/mol. The molecule has 0 saturated heterocycles. The van der Waals surface area contributed by atoms with Gasteiger partial charge in [-0.05, 0) is 25.5 Å². The van der Waals surface area contributed by atoms with Crippen LogP contribution >= 0.6 is 0 Å². The number of hydrogen-bond donors (Lipinski definition) is 1. The van der Waals surface area contributed by atoms with Gasteiger partial charge in [0.15, 0.2) is 0 Å². The molecule has 100 valence electrons. The van der Waals surface area contributed by atoms with Gasteiger partial charge in [-0.1, -0.05) is 38.5 Å². The summed E-state index contributed by atoms with van der Waals surface area (Å²) in [5, 5.41) is 0. The molecule has 0 aliphatic rings. The van der Waals surface area contributed by atoms with Crippen LogP contribution < -0.4 is 5.56 Å². The van der Waals surface area contributed by atoms with E-state index in [2.05, 4.69) is 48.9 Å². The van der Waals surface area contributed by atoms with Gasteiger partial charge in [-0.3, -0.25) is 4.79 Å². The molecule has 2 aromatic rings. The number of aromatic amines is 1. The molecule has 3 nitrogen and oxygen atoms in total. The zero-order valence-electron chi connectivity index (χ0n) is 12.2. The van der Waals surface area contributed by atoms with Crippen molar-refractivity contribution in [3.05, 3.63) is 51.4 Å². The molecule has 1 aromatic carbocycles. The van der Waals surface area contributed by atoms with Crippen molar-refractivity contribution in [2.45, 2.75) is 40.0 Å². The first kappa shape index (κ1) is 13.5.